The van der Waals surface area contributed by atoms with Crippen LogP contribution >= 0.6 is 27.5 Å². The largest absolute Gasteiger partial charge is 0.292 e. The fourth-order valence-corrected chi connectivity index (χ4v) is 2.82. The second kappa shape index (κ2) is 6.50. The Morgan fingerprint density at radius 3 is 2.80 bits per heavy atom. The third kappa shape index (κ3) is 2.94. The number of Topliss-reactive ketones (excluding diaryl/α,β-unsaturated/α-hetero) is 1. The van der Waals surface area contributed by atoms with Gasteiger partial charge in [-0.1, -0.05) is 18.5 Å². The second-order valence-electron chi connectivity index (χ2n) is 4.31. The number of hydrogen-bond acceptors (Lipinski definition) is 3. The zero-order chi connectivity index (χ0) is 14.7. The monoisotopic (exact) mass is 355 g/mol. The lowest BCUT2D eigenvalue weighted by atomic mass is 10.1. The first-order chi connectivity index (χ1) is 9.58. The van der Waals surface area contributed by atoms with E-state index in [0.717, 1.165) is 17.8 Å². The standard InChI is InChI=1S/C14H15BrClN3O/c1-3-10-13(16)11(19(4-2)18-10)8-12(20)14-9(15)6-5-7-17-14/h5-7H,3-4,8H2,1-2H3. The summed E-state index contributed by atoms with van der Waals surface area (Å²) in [5.74, 6) is -0.0726. The predicted molar refractivity (Wildman–Crippen MR) is 82.3 cm³/mol. The van der Waals surface area contributed by atoms with Gasteiger partial charge in [-0.2, -0.15) is 5.10 Å². The van der Waals surface area contributed by atoms with Gasteiger partial charge in [-0.05, 0) is 41.4 Å². The zero-order valence-corrected chi connectivity index (χ0v) is 13.7. The molecule has 0 spiro atoms. The number of carbonyl (C=O) groups excluding carboxylic acids is 1. The molecule has 2 rings (SSSR count). The second-order valence-corrected chi connectivity index (χ2v) is 5.54. The number of ketones is 1. The minimum atomic E-state index is -0.0726. The molecule has 2 aromatic heterocycles. The van der Waals surface area contributed by atoms with E-state index in [2.05, 4.69) is 26.0 Å². The molecule has 106 valence electrons. The number of hydrogen-bond donors (Lipinski definition) is 0. The molecule has 0 aromatic carbocycles. The van der Waals surface area contributed by atoms with Gasteiger partial charge in [0, 0.05) is 17.2 Å². The topological polar surface area (TPSA) is 47.8 Å². The summed E-state index contributed by atoms with van der Waals surface area (Å²) in [5.41, 5.74) is 2.01. The SMILES string of the molecule is CCc1nn(CC)c(CC(=O)c2ncccc2Br)c1Cl. The van der Waals surface area contributed by atoms with E-state index in [1.165, 1.54) is 0 Å². The highest BCUT2D eigenvalue weighted by Crippen LogP contribution is 2.24. The molecule has 4 nitrogen and oxygen atoms in total. The number of carbonyl (C=O) groups is 1. The van der Waals surface area contributed by atoms with Crippen LogP contribution in [0.5, 0.6) is 0 Å². The fraction of sp³-hybridized carbons (Fsp3) is 0.357. The number of rotatable bonds is 5. The van der Waals surface area contributed by atoms with E-state index in [-0.39, 0.29) is 12.2 Å². The maximum atomic E-state index is 12.4. The highest BCUT2D eigenvalue weighted by Gasteiger charge is 2.19. The third-order valence-electron chi connectivity index (χ3n) is 3.04. The molecule has 0 saturated heterocycles. The van der Waals surface area contributed by atoms with Crippen LogP contribution in [0.1, 0.15) is 35.7 Å². The van der Waals surface area contributed by atoms with Crippen LogP contribution in [0.2, 0.25) is 5.02 Å². The lowest BCUT2D eigenvalue weighted by Crippen LogP contribution is -2.11. The zero-order valence-electron chi connectivity index (χ0n) is 11.4. The van der Waals surface area contributed by atoms with E-state index in [4.69, 9.17) is 11.6 Å². The summed E-state index contributed by atoms with van der Waals surface area (Å²) in [6.45, 7) is 4.66. The minimum Gasteiger partial charge on any atom is -0.292 e. The number of aromatic nitrogens is 3. The maximum Gasteiger partial charge on any atom is 0.188 e. The number of pyridine rings is 1. The van der Waals surface area contributed by atoms with Crippen LogP contribution in [0.15, 0.2) is 22.8 Å². The van der Waals surface area contributed by atoms with E-state index in [1.54, 1.807) is 23.0 Å². The summed E-state index contributed by atoms with van der Waals surface area (Å²) in [4.78, 5) is 16.5. The van der Waals surface area contributed by atoms with Crippen molar-refractivity contribution >= 4 is 33.3 Å². The molecule has 0 bridgehead atoms. The van der Waals surface area contributed by atoms with Gasteiger partial charge in [0.1, 0.15) is 5.69 Å². The molecular weight excluding hydrogens is 342 g/mol. The molecule has 0 aliphatic heterocycles. The number of nitrogens with zero attached hydrogens (tertiary/aromatic N) is 3. The summed E-state index contributed by atoms with van der Waals surface area (Å²) < 4.78 is 2.48. The first-order valence-corrected chi connectivity index (χ1v) is 7.63. The molecule has 0 aliphatic rings. The van der Waals surface area contributed by atoms with Crippen LogP contribution in [-0.2, 0) is 19.4 Å². The summed E-state index contributed by atoms with van der Waals surface area (Å²) in [6.07, 6.45) is 2.56. The summed E-state index contributed by atoms with van der Waals surface area (Å²) >= 11 is 9.66. The van der Waals surface area contributed by atoms with Gasteiger partial charge in [0.25, 0.3) is 0 Å². The van der Waals surface area contributed by atoms with Crippen molar-refractivity contribution in [2.75, 3.05) is 0 Å². The summed E-state index contributed by atoms with van der Waals surface area (Å²) in [5, 5.41) is 5.01. The lowest BCUT2D eigenvalue weighted by Gasteiger charge is -2.05. The Bertz CT molecular complexity index is 639. The molecule has 0 saturated carbocycles. The fourth-order valence-electron chi connectivity index (χ4n) is 2.01. The summed E-state index contributed by atoms with van der Waals surface area (Å²) in [7, 11) is 0. The Morgan fingerprint density at radius 1 is 1.45 bits per heavy atom. The Kier molecular flexibility index (Phi) is 4.94. The molecule has 0 atom stereocenters. The molecule has 20 heavy (non-hydrogen) atoms. The van der Waals surface area contributed by atoms with Crippen molar-refractivity contribution in [2.45, 2.75) is 33.2 Å². The Balaban J connectivity index is 2.33. The van der Waals surface area contributed by atoms with E-state index < -0.39 is 0 Å². The average Bonchev–Trinajstić information content (AvgIpc) is 2.75. The molecule has 0 unspecified atom stereocenters. The number of aryl methyl sites for hydroxylation is 2. The predicted octanol–water partition coefficient (Wildman–Crippen LogP) is 3.70. The van der Waals surface area contributed by atoms with Gasteiger partial charge >= 0.3 is 0 Å². The molecule has 0 amide bonds. The smallest absolute Gasteiger partial charge is 0.188 e. The number of halogens is 2. The molecule has 0 fully saturated rings. The van der Waals surface area contributed by atoms with Crippen molar-refractivity contribution in [1.82, 2.24) is 14.8 Å². The molecule has 6 heteroatoms. The van der Waals surface area contributed by atoms with Crippen LogP contribution in [0, 0.1) is 0 Å². The van der Waals surface area contributed by atoms with Gasteiger partial charge in [-0.15, -0.1) is 0 Å². The van der Waals surface area contributed by atoms with Gasteiger partial charge in [0.15, 0.2) is 5.78 Å². The highest BCUT2D eigenvalue weighted by atomic mass is 79.9. The van der Waals surface area contributed by atoms with E-state index in [9.17, 15) is 4.79 Å². The molecule has 0 N–H and O–H groups in total. The van der Waals surface area contributed by atoms with Crippen LogP contribution in [0.25, 0.3) is 0 Å². The Hall–Kier alpha value is -1.20. The van der Waals surface area contributed by atoms with Crippen molar-refractivity contribution in [1.29, 1.82) is 0 Å². The first kappa shape index (κ1) is 15.2. The van der Waals surface area contributed by atoms with Crippen molar-refractivity contribution < 1.29 is 4.79 Å². The third-order valence-corrected chi connectivity index (χ3v) is 4.12. The normalized spacial score (nSPS) is 10.8. The van der Waals surface area contributed by atoms with Gasteiger partial charge in [0.2, 0.25) is 0 Å². The van der Waals surface area contributed by atoms with Gasteiger partial charge in [-0.25, -0.2) is 0 Å². The van der Waals surface area contributed by atoms with Gasteiger partial charge in [-0.3, -0.25) is 14.5 Å². The van der Waals surface area contributed by atoms with Gasteiger partial charge < -0.3 is 0 Å². The van der Waals surface area contributed by atoms with E-state index >= 15 is 0 Å². The van der Waals surface area contributed by atoms with Crippen LogP contribution in [-0.4, -0.2) is 20.5 Å². The quantitative estimate of drug-likeness (QED) is 0.767. The Labute approximate surface area is 131 Å². The highest BCUT2D eigenvalue weighted by molar-refractivity contribution is 9.10. The lowest BCUT2D eigenvalue weighted by molar-refractivity contribution is 0.0985. The molecule has 2 aromatic rings. The molecule has 0 aliphatic carbocycles. The average molecular weight is 357 g/mol. The molecule has 0 radical (unpaired) electrons. The van der Waals surface area contributed by atoms with E-state index in [1.807, 2.05) is 13.8 Å². The Morgan fingerprint density at radius 2 is 2.20 bits per heavy atom. The van der Waals surface area contributed by atoms with Crippen molar-refractivity contribution in [2.24, 2.45) is 0 Å². The van der Waals surface area contributed by atoms with Crippen molar-refractivity contribution in [3.8, 4) is 0 Å². The first-order valence-electron chi connectivity index (χ1n) is 6.46. The van der Waals surface area contributed by atoms with Crippen LogP contribution in [0.4, 0.5) is 0 Å². The van der Waals surface area contributed by atoms with Gasteiger partial charge in [0.05, 0.1) is 22.8 Å². The van der Waals surface area contributed by atoms with Crippen LogP contribution in [0.3, 0.4) is 0 Å². The molecular formula is C14H15BrClN3O. The van der Waals surface area contributed by atoms with Crippen molar-refractivity contribution in [3.63, 3.8) is 0 Å². The van der Waals surface area contributed by atoms with Crippen LogP contribution < -0.4 is 0 Å². The summed E-state index contributed by atoms with van der Waals surface area (Å²) in [6, 6.07) is 3.58. The van der Waals surface area contributed by atoms with Crippen molar-refractivity contribution in [3.05, 3.63) is 44.9 Å². The molecule has 2 heterocycles. The van der Waals surface area contributed by atoms with E-state index in [0.29, 0.717) is 21.7 Å². The maximum absolute atomic E-state index is 12.4. The minimum absolute atomic E-state index is 0.0726.